The fourth-order valence-corrected chi connectivity index (χ4v) is 3.10. The van der Waals surface area contributed by atoms with Gasteiger partial charge >= 0.3 is 0 Å². The lowest BCUT2D eigenvalue weighted by Gasteiger charge is -2.22. The number of halogens is 1. The fraction of sp³-hybridized carbons (Fsp3) is 0.500. The van der Waals surface area contributed by atoms with Crippen molar-refractivity contribution in [2.75, 3.05) is 6.54 Å². The van der Waals surface area contributed by atoms with Crippen LogP contribution in [-0.4, -0.2) is 32.8 Å². The van der Waals surface area contributed by atoms with E-state index in [0.29, 0.717) is 31.3 Å². The van der Waals surface area contributed by atoms with E-state index in [0.717, 1.165) is 24.3 Å². The van der Waals surface area contributed by atoms with E-state index in [1.165, 1.54) is 12.1 Å². The van der Waals surface area contributed by atoms with E-state index in [9.17, 15) is 9.50 Å². The molecule has 0 amide bonds. The molecule has 1 aliphatic carbocycles. The summed E-state index contributed by atoms with van der Waals surface area (Å²) in [4.78, 5) is 6.57. The molecule has 22 heavy (non-hydrogen) atoms. The third-order valence-electron chi connectivity index (χ3n) is 4.39. The van der Waals surface area contributed by atoms with E-state index in [-0.39, 0.29) is 18.0 Å². The summed E-state index contributed by atoms with van der Waals surface area (Å²) in [5.74, 6) is 1.58. The zero-order valence-electron chi connectivity index (χ0n) is 12.2. The summed E-state index contributed by atoms with van der Waals surface area (Å²) in [5.41, 5.74) is 1.00. The molecule has 1 saturated carbocycles. The van der Waals surface area contributed by atoms with Crippen molar-refractivity contribution in [1.29, 1.82) is 0 Å². The van der Waals surface area contributed by atoms with E-state index < -0.39 is 0 Å². The first kappa shape index (κ1) is 13.8. The Kier molecular flexibility index (Phi) is 3.43. The van der Waals surface area contributed by atoms with Gasteiger partial charge in [-0.3, -0.25) is 4.90 Å². The summed E-state index contributed by atoms with van der Waals surface area (Å²) in [7, 11) is 0. The molecule has 2 fully saturated rings. The Bertz CT molecular complexity index is 654. The molecule has 6 heteroatoms. The summed E-state index contributed by atoms with van der Waals surface area (Å²) in [5, 5.41) is 14.0. The lowest BCUT2D eigenvalue weighted by Crippen LogP contribution is -2.25. The van der Waals surface area contributed by atoms with Gasteiger partial charge in [0.25, 0.3) is 0 Å². The molecular formula is C16H18FN3O2. The zero-order chi connectivity index (χ0) is 15.1. The molecule has 2 atom stereocenters. The Balaban J connectivity index is 1.51. The van der Waals surface area contributed by atoms with Gasteiger partial charge in [0.1, 0.15) is 5.82 Å². The number of aromatic nitrogens is 2. The quantitative estimate of drug-likeness (QED) is 0.939. The second-order valence-corrected chi connectivity index (χ2v) is 6.21. The second kappa shape index (κ2) is 5.44. The SMILES string of the molecule is OC1CC(c2ccc(F)cc2)N(Cc2noc(C3CC3)n2)C1. The molecule has 116 valence electrons. The van der Waals surface area contributed by atoms with Gasteiger partial charge in [0.15, 0.2) is 5.82 Å². The molecule has 0 radical (unpaired) electrons. The van der Waals surface area contributed by atoms with Crippen molar-refractivity contribution >= 4 is 0 Å². The molecular weight excluding hydrogens is 285 g/mol. The predicted octanol–water partition coefficient (Wildman–Crippen LogP) is 2.39. The number of nitrogens with zero attached hydrogens (tertiary/aromatic N) is 3. The molecule has 2 aliphatic rings. The van der Waals surface area contributed by atoms with E-state index >= 15 is 0 Å². The van der Waals surface area contributed by atoms with Gasteiger partial charge in [-0.25, -0.2) is 4.39 Å². The van der Waals surface area contributed by atoms with Crippen LogP contribution < -0.4 is 0 Å². The Labute approximate surface area is 127 Å². The number of benzene rings is 1. The van der Waals surface area contributed by atoms with Crippen LogP contribution in [0.2, 0.25) is 0 Å². The molecule has 1 aromatic carbocycles. The number of hydrogen-bond acceptors (Lipinski definition) is 5. The van der Waals surface area contributed by atoms with Gasteiger partial charge in [-0.1, -0.05) is 17.3 Å². The maximum Gasteiger partial charge on any atom is 0.229 e. The van der Waals surface area contributed by atoms with Gasteiger partial charge < -0.3 is 9.63 Å². The Morgan fingerprint density at radius 2 is 2.05 bits per heavy atom. The molecule has 2 unspecified atom stereocenters. The van der Waals surface area contributed by atoms with Crippen LogP contribution in [0.3, 0.4) is 0 Å². The van der Waals surface area contributed by atoms with Crippen LogP contribution in [0.1, 0.15) is 48.5 Å². The number of aliphatic hydroxyl groups excluding tert-OH is 1. The van der Waals surface area contributed by atoms with Crippen LogP contribution >= 0.6 is 0 Å². The number of hydrogen-bond donors (Lipinski definition) is 1. The van der Waals surface area contributed by atoms with Crippen LogP contribution in [0, 0.1) is 5.82 Å². The van der Waals surface area contributed by atoms with E-state index in [2.05, 4.69) is 15.0 Å². The second-order valence-electron chi connectivity index (χ2n) is 6.21. The van der Waals surface area contributed by atoms with Crippen molar-refractivity contribution < 1.29 is 14.0 Å². The first-order valence-corrected chi connectivity index (χ1v) is 7.69. The minimum absolute atomic E-state index is 0.0541. The maximum atomic E-state index is 13.1. The van der Waals surface area contributed by atoms with Crippen LogP contribution in [0.15, 0.2) is 28.8 Å². The van der Waals surface area contributed by atoms with Gasteiger partial charge in [0.05, 0.1) is 12.6 Å². The van der Waals surface area contributed by atoms with Crippen LogP contribution in [0.4, 0.5) is 4.39 Å². The van der Waals surface area contributed by atoms with Gasteiger partial charge in [0.2, 0.25) is 5.89 Å². The molecule has 1 aromatic heterocycles. The third kappa shape index (κ3) is 2.76. The fourth-order valence-electron chi connectivity index (χ4n) is 3.10. The highest BCUT2D eigenvalue weighted by Crippen LogP contribution is 2.39. The number of aliphatic hydroxyl groups is 1. The normalized spacial score (nSPS) is 25.7. The van der Waals surface area contributed by atoms with Crippen LogP contribution in [0.25, 0.3) is 0 Å². The Morgan fingerprint density at radius 1 is 1.27 bits per heavy atom. The number of rotatable bonds is 4. The molecule has 0 spiro atoms. The predicted molar refractivity (Wildman–Crippen MR) is 76.4 cm³/mol. The molecule has 4 rings (SSSR count). The molecule has 1 saturated heterocycles. The van der Waals surface area contributed by atoms with E-state index in [1.807, 2.05) is 0 Å². The maximum absolute atomic E-state index is 13.1. The van der Waals surface area contributed by atoms with Gasteiger partial charge in [-0.05, 0) is 37.0 Å². The van der Waals surface area contributed by atoms with Crippen molar-refractivity contribution in [3.05, 3.63) is 47.4 Å². The topological polar surface area (TPSA) is 62.4 Å². The highest BCUT2D eigenvalue weighted by molar-refractivity contribution is 5.21. The standard InChI is InChI=1S/C16H18FN3O2/c17-12-5-3-10(4-6-12)14-7-13(21)8-20(14)9-15-18-16(22-19-15)11-1-2-11/h3-6,11,13-14,21H,1-2,7-9H2. The zero-order valence-corrected chi connectivity index (χ0v) is 12.2. The van der Waals surface area contributed by atoms with Crippen LogP contribution in [0.5, 0.6) is 0 Å². The van der Waals surface area contributed by atoms with Gasteiger partial charge in [-0.15, -0.1) is 0 Å². The lowest BCUT2D eigenvalue weighted by molar-refractivity contribution is 0.170. The largest absolute Gasteiger partial charge is 0.392 e. The smallest absolute Gasteiger partial charge is 0.229 e. The summed E-state index contributed by atoms with van der Waals surface area (Å²) >= 11 is 0. The molecule has 5 nitrogen and oxygen atoms in total. The van der Waals surface area contributed by atoms with Crippen molar-refractivity contribution in [2.24, 2.45) is 0 Å². The van der Waals surface area contributed by atoms with Crippen molar-refractivity contribution in [2.45, 2.75) is 43.9 Å². The summed E-state index contributed by atoms with van der Waals surface area (Å²) in [6.45, 7) is 1.10. The van der Waals surface area contributed by atoms with E-state index in [1.54, 1.807) is 12.1 Å². The molecule has 1 N–H and O–H groups in total. The highest BCUT2D eigenvalue weighted by Gasteiger charge is 2.34. The van der Waals surface area contributed by atoms with Crippen molar-refractivity contribution in [3.8, 4) is 0 Å². The monoisotopic (exact) mass is 303 g/mol. The average molecular weight is 303 g/mol. The minimum Gasteiger partial charge on any atom is -0.392 e. The van der Waals surface area contributed by atoms with Crippen molar-refractivity contribution in [1.82, 2.24) is 15.0 Å². The summed E-state index contributed by atoms with van der Waals surface area (Å²) < 4.78 is 18.4. The van der Waals surface area contributed by atoms with E-state index in [4.69, 9.17) is 4.52 Å². The molecule has 1 aliphatic heterocycles. The molecule has 2 heterocycles. The average Bonchev–Trinajstić information content (AvgIpc) is 3.15. The Hall–Kier alpha value is -1.79. The first-order chi connectivity index (χ1) is 10.7. The Morgan fingerprint density at radius 3 is 2.77 bits per heavy atom. The summed E-state index contributed by atoms with van der Waals surface area (Å²) in [6.07, 6.45) is 2.51. The third-order valence-corrected chi connectivity index (χ3v) is 4.39. The lowest BCUT2D eigenvalue weighted by atomic mass is 10.0. The number of β-amino-alcohol motifs (C(OH)–C–C–N with tert-alkyl or cyclic N) is 1. The first-order valence-electron chi connectivity index (χ1n) is 7.69. The number of likely N-dealkylation sites (tertiary alicyclic amines) is 1. The van der Waals surface area contributed by atoms with Crippen LogP contribution in [-0.2, 0) is 6.54 Å². The minimum atomic E-state index is -0.384. The van der Waals surface area contributed by atoms with Crippen molar-refractivity contribution in [3.63, 3.8) is 0 Å². The van der Waals surface area contributed by atoms with Gasteiger partial charge in [-0.2, -0.15) is 4.98 Å². The molecule has 2 aromatic rings. The molecule has 0 bridgehead atoms. The van der Waals surface area contributed by atoms with Gasteiger partial charge in [0, 0.05) is 18.5 Å². The summed E-state index contributed by atoms with van der Waals surface area (Å²) in [6, 6.07) is 6.52. The highest BCUT2D eigenvalue weighted by atomic mass is 19.1.